The van der Waals surface area contributed by atoms with Crippen LogP contribution in [0.3, 0.4) is 0 Å². The molecule has 0 amide bonds. The fraction of sp³-hybridized carbons (Fsp3) is 0.778. The summed E-state index contributed by atoms with van der Waals surface area (Å²) in [6.45, 7) is 1.07. The number of carbonyl (C=O) groups is 2. The molecule has 2 N–H and O–H groups in total. The van der Waals surface area contributed by atoms with E-state index in [-0.39, 0.29) is 12.3 Å². The minimum Gasteiger partial charge on any atom is -0.481 e. The van der Waals surface area contributed by atoms with Crippen LogP contribution in [0.2, 0.25) is 0 Å². The largest absolute Gasteiger partial charge is 0.481 e. The molecule has 0 aliphatic carbocycles. The van der Waals surface area contributed by atoms with Gasteiger partial charge in [-0.05, 0) is 18.8 Å². The van der Waals surface area contributed by atoms with Crippen LogP contribution in [0.4, 0.5) is 0 Å². The Bertz CT molecular complexity index is 219. The van der Waals surface area contributed by atoms with Gasteiger partial charge in [0.1, 0.15) is 0 Å². The number of aliphatic carboxylic acids is 2. The first-order valence-corrected chi connectivity index (χ1v) is 4.63. The highest BCUT2D eigenvalue weighted by atomic mass is 16.5. The van der Waals surface area contributed by atoms with Crippen molar-refractivity contribution in [3.8, 4) is 0 Å². The van der Waals surface area contributed by atoms with E-state index in [2.05, 4.69) is 0 Å². The molecule has 0 aromatic heterocycles. The first-order chi connectivity index (χ1) is 6.61. The van der Waals surface area contributed by atoms with Gasteiger partial charge in [0.25, 0.3) is 0 Å². The molecule has 0 bridgehead atoms. The highest BCUT2D eigenvalue weighted by molar-refractivity contribution is 5.77. The van der Waals surface area contributed by atoms with Gasteiger partial charge >= 0.3 is 11.9 Å². The van der Waals surface area contributed by atoms with Gasteiger partial charge in [-0.2, -0.15) is 0 Å². The van der Waals surface area contributed by atoms with Gasteiger partial charge in [0, 0.05) is 13.2 Å². The van der Waals surface area contributed by atoms with Gasteiger partial charge in [0.15, 0.2) is 0 Å². The molecule has 1 aliphatic rings. The Balaban J connectivity index is 2.56. The maximum absolute atomic E-state index is 10.8. The Morgan fingerprint density at radius 1 is 1.29 bits per heavy atom. The van der Waals surface area contributed by atoms with Crippen molar-refractivity contribution in [2.24, 2.45) is 11.8 Å². The Morgan fingerprint density at radius 2 is 1.86 bits per heavy atom. The van der Waals surface area contributed by atoms with E-state index in [9.17, 15) is 9.59 Å². The standard InChI is InChI=1S/C9H14O5/c10-8(11)5-7(9(12)13)6-1-3-14-4-2-6/h6-7H,1-5H2,(H,10,11)(H,12,13). The molecule has 0 spiro atoms. The minimum atomic E-state index is -1.05. The van der Waals surface area contributed by atoms with Crippen LogP contribution in [0.1, 0.15) is 19.3 Å². The zero-order valence-electron chi connectivity index (χ0n) is 7.81. The van der Waals surface area contributed by atoms with Crippen LogP contribution in [0.25, 0.3) is 0 Å². The smallest absolute Gasteiger partial charge is 0.307 e. The predicted molar refractivity (Wildman–Crippen MR) is 46.9 cm³/mol. The Kier molecular flexibility index (Phi) is 3.88. The fourth-order valence-corrected chi connectivity index (χ4v) is 1.76. The molecule has 14 heavy (non-hydrogen) atoms. The van der Waals surface area contributed by atoms with E-state index in [0.29, 0.717) is 26.1 Å². The molecule has 1 fully saturated rings. The quantitative estimate of drug-likeness (QED) is 0.697. The first kappa shape index (κ1) is 11.0. The second-order valence-corrected chi connectivity index (χ2v) is 3.49. The van der Waals surface area contributed by atoms with Crippen molar-refractivity contribution in [2.75, 3.05) is 13.2 Å². The highest BCUT2D eigenvalue weighted by Gasteiger charge is 2.31. The number of rotatable bonds is 4. The molecule has 1 saturated heterocycles. The van der Waals surface area contributed by atoms with E-state index in [1.807, 2.05) is 0 Å². The lowest BCUT2D eigenvalue weighted by atomic mass is 9.84. The molecule has 5 nitrogen and oxygen atoms in total. The lowest BCUT2D eigenvalue weighted by Gasteiger charge is -2.26. The van der Waals surface area contributed by atoms with Crippen molar-refractivity contribution < 1.29 is 24.5 Å². The van der Waals surface area contributed by atoms with Gasteiger partial charge in [-0.25, -0.2) is 0 Å². The van der Waals surface area contributed by atoms with E-state index in [1.165, 1.54) is 0 Å². The second-order valence-electron chi connectivity index (χ2n) is 3.49. The summed E-state index contributed by atoms with van der Waals surface area (Å²) in [5.41, 5.74) is 0. The Morgan fingerprint density at radius 3 is 2.29 bits per heavy atom. The maximum Gasteiger partial charge on any atom is 0.307 e. The van der Waals surface area contributed by atoms with Crippen molar-refractivity contribution in [3.05, 3.63) is 0 Å². The summed E-state index contributed by atoms with van der Waals surface area (Å²) >= 11 is 0. The zero-order valence-corrected chi connectivity index (χ0v) is 7.81. The van der Waals surface area contributed by atoms with Crippen LogP contribution >= 0.6 is 0 Å². The Hall–Kier alpha value is -1.10. The van der Waals surface area contributed by atoms with E-state index in [1.54, 1.807) is 0 Å². The monoisotopic (exact) mass is 202 g/mol. The summed E-state index contributed by atoms with van der Waals surface area (Å²) in [5, 5.41) is 17.4. The van der Waals surface area contributed by atoms with Crippen LogP contribution in [-0.2, 0) is 14.3 Å². The summed E-state index contributed by atoms with van der Waals surface area (Å²) in [6.07, 6.45) is 0.995. The molecule has 0 radical (unpaired) electrons. The van der Waals surface area contributed by atoms with Gasteiger partial charge in [0.2, 0.25) is 0 Å². The van der Waals surface area contributed by atoms with Gasteiger partial charge in [-0.3, -0.25) is 9.59 Å². The van der Waals surface area contributed by atoms with E-state index < -0.39 is 17.9 Å². The lowest BCUT2D eigenvalue weighted by Crippen LogP contribution is -2.30. The van der Waals surface area contributed by atoms with E-state index in [4.69, 9.17) is 14.9 Å². The average molecular weight is 202 g/mol. The summed E-state index contributed by atoms with van der Waals surface area (Å²) in [5.74, 6) is -2.89. The zero-order chi connectivity index (χ0) is 10.6. The van der Waals surface area contributed by atoms with Gasteiger partial charge in [-0.1, -0.05) is 0 Å². The van der Waals surface area contributed by atoms with Crippen LogP contribution in [0.5, 0.6) is 0 Å². The van der Waals surface area contributed by atoms with Gasteiger partial charge < -0.3 is 14.9 Å². The van der Waals surface area contributed by atoms with Crippen LogP contribution in [-0.4, -0.2) is 35.4 Å². The van der Waals surface area contributed by atoms with Gasteiger partial charge in [-0.15, -0.1) is 0 Å². The molecule has 0 aromatic carbocycles. The van der Waals surface area contributed by atoms with Crippen molar-refractivity contribution in [1.29, 1.82) is 0 Å². The number of carboxylic acids is 2. The lowest BCUT2D eigenvalue weighted by molar-refractivity contribution is -0.151. The summed E-state index contributed by atoms with van der Waals surface area (Å²) in [6, 6.07) is 0. The molecule has 80 valence electrons. The van der Waals surface area contributed by atoms with Crippen LogP contribution in [0.15, 0.2) is 0 Å². The summed E-state index contributed by atoms with van der Waals surface area (Å²) in [7, 11) is 0. The molecule has 1 heterocycles. The van der Waals surface area contributed by atoms with Crippen molar-refractivity contribution >= 4 is 11.9 Å². The maximum atomic E-state index is 10.8. The highest BCUT2D eigenvalue weighted by Crippen LogP contribution is 2.26. The van der Waals surface area contributed by atoms with Gasteiger partial charge in [0.05, 0.1) is 12.3 Å². The predicted octanol–water partition coefficient (Wildman–Crippen LogP) is 0.588. The second kappa shape index (κ2) is 4.95. The topological polar surface area (TPSA) is 83.8 Å². The van der Waals surface area contributed by atoms with Crippen LogP contribution < -0.4 is 0 Å². The number of hydrogen-bond acceptors (Lipinski definition) is 3. The molecule has 1 atom stereocenters. The van der Waals surface area contributed by atoms with E-state index >= 15 is 0 Å². The summed E-state index contributed by atoms with van der Waals surface area (Å²) in [4.78, 5) is 21.3. The number of ether oxygens (including phenoxy) is 1. The molecule has 5 heteroatoms. The van der Waals surface area contributed by atoms with E-state index in [0.717, 1.165) is 0 Å². The SMILES string of the molecule is O=C(O)CC(C(=O)O)C1CCOCC1. The van der Waals surface area contributed by atoms with Crippen molar-refractivity contribution in [1.82, 2.24) is 0 Å². The van der Waals surface area contributed by atoms with Crippen LogP contribution in [0, 0.1) is 11.8 Å². The molecular weight excluding hydrogens is 188 g/mol. The molecular formula is C9H14O5. The number of carboxylic acid groups (broad SMARTS) is 2. The third-order valence-electron chi connectivity index (χ3n) is 2.55. The first-order valence-electron chi connectivity index (χ1n) is 4.63. The summed E-state index contributed by atoms with van der Waals surface area (Å²) < 4.78 is 5.09. The van der Waals surface area contributed by atoms with Crippen molar-refractivity contribution in [3.63, 3.8) is 0 Å². The third kappa shape index (κ3) is 2.99. The molecule has 0 saturated carbocycles. The third-order valence-corrected chi connectivity index (χ3v) is 2.55. The number of hydrogen-bond donors (Lipinski definition) is 2. The minimum absolute atomic E-state index is 0.0580. The molecule has 1 unspecified atom stereocenters. The Labute approximate surface area is 81.7 Å². The molecule has 1 aliphatic heterocycles. The molecule has 0 aromatic rings. The van der Waals surface area contributed by atoms with Crippen molar-refractivity contribution in [2.45, 2.75) is 19.3 Å². The fourth-order valence-electron chi connectivity index (χ4n) is 1.76. The average Bonchev–Trinajstić information content (AvgIpc) is 2.15. The normalized spacial score (nSPS) is 20.3. The molecule has 1 rings (SSSR count).